The first-order chi connectivity index (χ1) is 6.86. The zero-order valence-corrected chi connectivity index (χ0v) is 8.42. The summed E-state index contributed by atoms with van der Waals surface area (Å²) in [5.41, 5.74) is 0. The fourth-order valence-corrected chi connectivity index (χ4v) is 2.02. The van der Waals surface area contributed by atoms with Gasteiger partial charge in [-0.15, -0.1) is 0 Å². The first kappa shape index (κ1) is 9.93. The lowest BCUT2D eigenvalue weighted by Gasteiger charge is -2.23. The molecule has 2 aliphatic heterocycles. The molecule has 2 saturated heterocycles. The molecule has 0 aromatic carbocycles. The number of rotatable bonds is 2. The number of hydrogen-bond acceptors (Lipinski definition) is 3. The quantitative estimate of drug-likeness (QED) is 0.658. The Kier molecular flexibility index (Phi) is 3.37. The first-order valence-electron chi connectivity index (χ1n) is 5.49. The van der Waals surface area contributed by atoms with Crippen molar-refractivity contribution < 1.29 is 9.53 Å². The van der Waals surface area contributed by atoms with E-state index in [0.717, 1.165) is 45.4 Å². The van der Waals surface area contributed by atoms with Crippen LogP contribution in [0.4, 0.5) is 0 Å². The zero-order valence-electron chi connectivity index (χ0n) is 8.42. The number of carbonyl (C=O) groups is 1. The van der Waals surface area contributed by atoms with Gasteiger partial charge in [-0.3, -0.25) is 4.79 Å². The van der Waals surface area contributed by atoms with Crippen LogP contribution in [0.2, 0.25) is 0 Å². The SMILES string of the molecule is O=C(N[C@@H]1CCNC1)C1CCCCO1. The Morgan fingerprint density at radius 2 is 2.29 bits per heavy atom. The molecule has 0 aromatic rings. The molecule has 2 heterocycles. The van der Waals surface area contributed by atoms with Gasteiger partial charge in [-0.25, -0.2) is 0 Å². The molecular weight excluding hydrogens is 180 g/mol. The van der Waals surface area contributed by atoms with Gasteiger partial charge in [-0.2, -0.15) is 0 Å². The lowest BCUT2D eigenvalue weighted by Crippen LogP contribution is -2.44. The smallest absolute Gasteiger partial charge is 0.249 e. The molecule has 2 fully saturated rings. The molecule has 2 rings (SSSR count). The lowest BCUT2D eigenvalue weighted by atomic mass is 10.1. The summed E-state index contributed by atoms with van der Waals surface area (Å²) in [5.74, 6) is 0.0819. The van der Waals surface area contributed by atoms with Gasteiger partial charge in [0.25, 0.3) is 0 Å². The summed E-state index contributed by atoms with van der Waals surface area (Å²) in [5, 5.41) is 6.25. The highest BCUT2D eigenvalue weighted by molar-refractivity contribution is 5.81. The highest BCUT2D eigenvalue weighted by Crippen LogP contribution is 2.13. The number of carbonyl (C=O) groups excluding carboxylic acids is 1. The van der Waals surface area contributed by atoms with Gasteiger partial charge in [0, 0.05) is 19.2 Å². The minimum Gasteiger partial charge on any atom is -0.368 e. The Balaban J connectivity index is 1.75. The number of ether oxygens (including phenoxy) is 1. The fraction of sp³-hybridized carbons (Fsp3) is 0.900. The van der Waals surface area contributed by atoms with Crippen LogP contribution in [0.5, 0.6) is 0 Å². The van der Waals surface area contributed by atoms with Gasteiger partial charge in [0.1, 0.15) is 6.10 Å². The molecule has 2 N–H and O–H groups in total. The molecule has 0 aliphatic carbocycles. The Hall–Kier alpha value is -0.610. The normalized spacial score (nSPS) is 32.9. The molecule has 2 aliphatic rings. The van der Waals surface area contributed by atoms with Crippen LogP contribution in [-0.4, -0.2) is 37.7 Å². The van der Waals surface area contributed by atoms with E-state index in [1.165, 1.54) is 0 Å². The average molecular weight is 198 g/mol. The highest BCUT2D eigenvalue weighted by Gasteiger charge is 2.25. The van der Waals surface area contributed by atoms with Crippen molar-refractivity contribution in [2.45, 2.75) is 37.8 Å². The van der Waals surface area contributed by atoms with Crippen LogP contribution < -0.4 is 10.6 Å². The van der Waals surface area contributed by atoms with Crippen molar-refractivity contribution in [2.75, 3.05) is 19.7 Å². The van der Waals surface area contributed by atoms with Gasteiger partial charge >= 0.3 is 0 Å². The summed E-state index contributed by atoms with van der Waals surface area (Å²) in [7, 11) is 0. The topological polar surface area (TPSA) is 50.4 Å². The van der Waals surface area contributed by atoms with Crippen LogP contribution in [0.15, 0.2) is 0 Å². The van der Waals surface area contributed by atoms with Crippen molar-refractivity contribution in [1.82, 2.24) is 10.6 Å². The van der Waals surface area contributed by atoms with E-state index in [1.54, 1.807) is 0 Å². The van der Waals surface area contributed by atoms with Crippen molar-refractivity contribution in [3.63, 3.8) is 0 Å². The van der Waals surface area contributed by atoms with Gasteiger partial charge < -0.3 is 15.4 Å². The molecule has 0 aromatic heterocycles. The molecule has 4 heteroatoms. The molecule has 1 amide bonds. The summed E-state index contributed by atoms with van der Waals surface area (Å²) >= 11 is 0. The maximum Gasteiger partial charge on any atom is 0.249 e. The summed E-state index contributed by atoms with van der Waals surface area (Å²) in [6.45, 7) is 2.65. The van der Waals surface area contributed by atoms with E-state index >= 15 is 0 Å². The molecule has 2 atom stereocenters. The third-order valence-electron chi connectivity index (χ3n) is 2.88. The number of amides is 1. The van der Waals surface area contributed by atoms with Crippen LogP contribution in [0.1, 0.15) is 25.7 Å². The minimum atomic E-state index is -0.190. The Morgan fingerprint density at radius 1 is 1.36 bits per heavy atom. The largest absolute Gasteiger partial charge is 0.368 e. The standard InChI is InChI=1S/C10H18N2O2/c13-10(9-3-1-2-6-14-9)12-8-4-5-11-7-8/h8-9,11H,1-7H2,(H,12,13)/t8-,9?/m1/s1. The number of nitrogens with one attached hydrogen (secondary N) is 2. The van der Waals surface area contributed by atoms with Gasteiger partial charge in [0.05, 0.1) is 0 Å². The van der Waals surface area contributed by atoms with Crippen molar-refractivity contribution in [1.29, 1.82) is 0 Å². The predicted octanol–water partition coefficient (Wildman–Crippen LogP) is 0.0336. The van der Waals surface area contributed by atoms with E-state index in [4.69, 9.17) is 4.74 Å². The molecule has 80 valence electrons. The maximum atomic E-state index is 11.7. The molecule has 1 unspecified atom stereocenters. The van der Waals surface area contributed by atoms with Crippen LogP contribution in [0.25, 0.3) is 0 Å². The van der Waals surface area contributed by atoms with Crippen LogP contribution in [0, 0.1) is 0 Å². The zero-order chi connectivity index (χ0) is 9.80. The van der Waals surface area contributed by atoms with Crippen molar-refractivity contribution in [3.05, 3.63) is 0 Å². The van der Waals surface area contributed by atoms with Gasteiger partial charge in [0.15, 0.2) is 0 Å². The van der Waals surface area contributed by atoms with E-state index in [9.17, 15) is 4.79 Å². The third-order valence-corrected chi connectivity index (χ3v) is 2.88. The molecule has 0 spiro atoms. The van der Waals surface area contributed by atoms with Crippen molar-refractivity contribution >= 4 is 5.91 Å². The van der Waals surface area contributed by atoms with Gasteiger partial charge in [-0.05, 0) is 32.2 Å². The molecule has 0 radical (unpaired) electrons. The minimum absolute atomic E-state index is 0.0819. The Bertz CT molecular complexity index is 196. The number of hydrogen-bond donors (Lipinski definition) is 2. The Labute approximate surface area is 84.4 Å². The molecule has 14 heavy (non-hydrogen) atoms. The van der Waals surface area contributed by atoms with Gasteiger partial charge in [0.2, 0.25) is 5.91 Å². The molecule has 0 saturated carbocycles. The second-order valence-electron chi connectivity index (χ2n) is 4.05. The van der Waals surface area contributed by atoms with Crippen LogP contribution >= 0.6 is 0 Å². The van der Waals surface area contributed by atoms with Crippen molar-refractivity contribution in [3.8, 4) is 0 Å². The molecule has 4 nitrogen and oxygen atoms in total. The molecular formula is C10H18N2O2. The summed E-state index contributed by atoms with van der Waals surface area (Å²) in [6, 6.07) is 0.313. The molecule has 0 bridgehead atoms. The summed E-state index contributed by atoms with van der Waals surface area (Å²) in [4.78, 5) is 11.7. The van der Waals surface area contributed by atoms with Crippen LogP contribution in [-0.2, 0) is 9.53 Å². The summed E-state index contributed by atoms with van der Waals surface area (Å²) in [6.07, 6.45) is 3.93. The maximum absolute atomic E-state index is 11.7. The van der Waals surface area contributed by atoms with Crippen molar-refractivity contribution in [2.24, 2.45) is 0 Å². The van der Waals surface area contributed by atoms with Crippen LogP contribution in [0.3, 0.4) is 0 Å². The second kappa shape index (κ2) is 4.75. The van der Waals surface area contributed by atoms with E-state index in [1.807, 2.05) is 0 Å². The summed E-state index contributed by atoms with van der Waals surface area (Å²) < 4.78 is 5.42. The lowest BCUT2D eigenvalue weighted by molar-refractivity contribution is -0.136. The monoisotopic (exact) mass is 198 g/mol. The third kappa shape index (κ3) is 2.45. The van der Waals surface area contributed by atoms with Gasteiger partial charge in [-0.1, -0.05) is 0 Å². The van der Waals surface area contributed by atoms with E-state index in [0.29, 0.717) is 6.04 Å². The van der Waals surface area contributed by atoms with E-state index < -0.39 is 0 Å². The fourth-order valence-electron chi connectivity index (χ4n) is 2.02. The van der Waals surface area contributed by atoms with E-state index in [2.05, 4.69) is 10.6 Å². The first-order valence-corrected chi connectivity index (χ1v) is 5.49. The van der Waals surface area contributed by atoms with E-state index in [-0.39, 0.29) is 12.0 Å². The Morgan fingerprint density at radius 3 is 2.93 bits per heavy atom. The second-order valence-corrected chi connectivity index (χ2v) is 4.05. The average Bonchev–Trinajstić information content (AvgIpc) is 2.72. The highest BCUT2D eigenvalue weighted by atomic mass is 16.5. The predicted molar refractivity (Wildman–Crippen MR) is 53.0 cm³/mol.